The molecule has 0 aliphatic heterocycles. The number of carbonyl (C=O) groups is 1. The summed E-state index contributed by atoms with van der Waals surface area (Å²) in [5, 5.41) is 18.8. The van der Waals surface area contributed by atoms with E-state index in [4.69, 9.17) is 16.7 Å². The summed E-state index contributed by atoms with van der Waals surface area (Å²) >= 11 is 5.92. The fourth-order valence-corrected chi connectivity index (χ4v) is 2.11. The standard InChI is InChI=1S/C11H11ClO3/c1-6-4-7(9(12)8(13)5-6)11(2-3-11)10(14)15/h4-5,13H,2-3H2,1H3,(H,14,15). The second-order valence-electron chi connectivity index (χ2n) is 4.03. The van der Waals surface area contributed by atoms with E-state index in [2.05, 4.69) is 0 Å². The smallest absolute Gasteiger partial charge is 0.314 e. The largest absolute Gasteiger partial charge is 0.506 e. The van der Waals surface area contributed by atoms with Gasteiger partial charge in [0.05, 0.1) is 10.4 Å². The molecule has 1 aliphatic carbocycles. The van der Waals surface area contributed by atoms with E-state index in [0.29, 0.717) is 18.4 Å². The third-order valence-corrected chi connectivity index (χ3v) is 3.27. The van der Waals surface area contributed by atoms with E-state index < -0.39 is 11.4 Å². The van der Waals surface area contributed by atoms with Crippen LogP contribution in [-0.4, -0.2) is 16.2 Å². The topological polar surface area (TPSA) is 57.5 Å². The highest BCUT2D eigenvalue weighted by atomic mass is 35.5. The first kappa shape index (κ1) is 10.3. The summed E-state index contributed by atoms with van der Waals surface area (Å²) in [6.45, 7) is 1.80. The van der Waals surface area contributed by atoms with Gasteiger partial charge in [0.25, 0.3) is 0 Å². The lowest BCUT2D eigenvalue weighted by molar-refractivity contribution is -0.140. The van der Waals surface area contributed by atoms with Crippen LogP contribution in [0.15, 0.2) is 12.1 Å². The van der Waals surface area contributed by atoms with E-state index in [0.717, 1.165) is 5.56 Å². The molecule has 0 atom stereocenters. The van der Waals surface area contributed by atoms with Gasteiger partial charge in [0.1, 0.15) is 5.75 Å². The number of aliphatic carboxylic acids is 1. The molecule has 15 heavy (non-hydrogen) atoms. The van der Waals surface area contributed by atoms with E-state index in [9.17, 15) is 9.90 Å². The average molecular weight is 227 g/mol. The van der Waals surface area contributed by atoms with Crippen molar-refractivity contribution in [3.05, 3.63) is 28.3 Å². The monoisotopic (exact) mass is 226 g/mol. The van der Waals surface area contributed by atoms with E-state index in [1.54, 1.807) is 13.0 Å². The minimum Gasteiger partial charge on any atom is -0.506 e. The van der Waals surface area contributed by atoms with Crippen LogP contribution in [0, 0.1) is 6.92 Å². The highest BCUT2D eigenvalue weighted by Crippen LogP contribution is 2.52. The number of aryl methyl sites for hydroxylation is 1. The molecule has 80 valence electrons. The number of benzene rings is 1. The molecule has 3 nitrogen and oxygen atoms in total. The molecular formula is C11H11ClO3. The van der Waals surface area contributed by atoms with Crippen LogP contribution in [0.2, 0.25) is 5.02 Å². The van der Waals surface area contributed by atoms with Crippen molar-refractivity contribution >= 4 is 17.6 Å². The summed E-state index contributed by atoms with van der Waals surface area (Å²) < 4.78 is 0. The van der Waals surface area contributed by atoms with Gasteiger partial charge in [-0.25, -0.2) is 0 Å². The highest BCUT2D eigenvalue weighted by Gasteiger charge is 2.53. The van der Waals surface area contributed by atoms with Gasteiger partial charge in [-0.1, -0.05) is 17.7 Å². The first-order valence-corrected chi connectivity index (χ1v) is 5.08. The minimum atomic E-state index is -0.866. The van der Waals surface area contributed by atoms with Crippen molar-refractivity contribution in [2.45, 2.75) is 25.2 Å². The number of carboxylic acid groups (broad SMARTS) is 1. The van der Waals surface area contributed by atoms with Crippen LogP contribution < -0.4 is 0 Å². The Morgan fingerprint density at radius 2 is 2.07 bits per heavy atom. The second-order valence-corrected chi connectivity index (χ2v) is 4.41. The Morgan fingerprint density at radius 3 is 2.53 bits per heavy atom. The van der Waals surface area contributed by atoms with Gasteiger partial charge in [-0.05, 0) is 37.0 Å². The Kier molecular flexibility index (Phi) is 2.15. The Bertz CT molecular complexity index is 436. The van der Waals surface area contributed by atoms with Crippen LogP contribution in [0.1, 0.15) is 24.0 Å². The van der Waals surface area contributed by atoms with Gasteiger partial charge >= 0.3 is 5.97 Å². The third-order valence-electron chi connectivity index (χ3n) is 2.87. The second kappa shape index (κ2) is 3.14. The van der Waals surface area contributed by atoms with Gasteiger partial charge in [-0.15, -0.1) is 0 Å². The van der Waals surface area contributed by atoms with Crippen molar-refractivity contribution < 1.29 is 15.0 Å². The maximum absolute atomic E-state index is 11.1. The SMILES string of the molecule is Cc1cc(O)c(Cl)c(C2(C(=O)O)CC2)c1. The highest BCUT2D eigenvalue weighted by molar-refractivity contribution is 6.33. The summed E-state index contributed by atoms with van der Waals surface area (Å²) in [5.74, 6) is -0.909. The number of carboxylic acids is 1. The maximum Gasteiger partial charge on any atom is 0.314 e. The number of aromatic hydroxyl groups is 1. The van der Waals surface area contributed by atoms with Gasteiger partial charge in [-0.2, -0.15) is 0 Å². The number of phenolic OH excluding ortho intramolecular Hbond substituents is 1. The van der Waals surface area contributed by atoms with Crippen molar-refractivity contribution in [2.24, 2.45) is 0 Å². The molecule has 0 spiro atoms. The molecule has 4 heteroatoms. The fraction of sp³-hybridized carbons (Fsp3) is 0.364. The zero-order valence-electron chi connectivity index (χ0n) is 8.25. The Morgan fingerprint density at radius 1 is 1.47 bits per heavy atom. The molecule has 1 saturated carbocycles. The predicted molar refractivity (Wildman–Crippen MR) is 56.4 cm³/mol. The molecule has 2 N–H and O–H groups in total. The number of hydrogen-bond acceptors (Lipinski definition) is 2. The third kappa shape index (κ3) is 1.47. The molecule has 1 aromatic rings. The molecule has 2 rings (SSSR count). The van der Waals surface area contributed by atoms with Crippen molar-refractivity contribution in [3.63, 3.8) is 0 Å². The fourth-order valence-electron chi connectivity index (χ4n) is 1.82. The van der Waals surface area contributed by atoms with Gasteiger partial charge in [0, 0.05) is 0 Å². The lowest BCUT2D eigenvalue weighted by Crippen LogP contribution is -2.20. The van der Waals surface area contributed by atoms with Crippen LogP contribution in [-0.2, 0) is 10.2 Å². The molecule has 0 amide bonds. The van der Waals surface area contributed by atoms with Crippen LogP contribution in [0.25, 0.3) is 0 Å². The number of rotatable bonds is 2. The Balaban J connectivity index is 2.58. The van der Waals surface area contributed by atoms with Crippen molar-refractivity contribution in [1.29, 1.82) is 0 Å². The van der Waals surface area contributed by atoms with Gasteiger partial charge in [0.15, 0.2) is 0 Å². The summed E-state index contributed by atoms with van der Waals surface area (Å²) in [7, 11) is 0. The Hall–Kier alpha value is -1.22. The van der Waals surface area contributed by atoms with Crippen LogP contribution in [0.5, 0.6) is 5.75 Å². The van der Waals surface area contributed by atoms with Gasteiger partial charge in [0.2, 0.25) is 0 Å². The van der Waals surface area contributed by atoms with Crippen molar-refractivity contribution in [2.75, 3.05) is 0 Å². The molecule has 0 unspecified atom stereocenters. The van der Waals surface area contributed by atoms with Crippen molar-refractivity contribution in [1.82, 2.24) is 0 Å². The summed E-state index contributed by atoms with van der Waals surface area (Å²) in [6.07, 6.45) is 1.18. The summed E-state index contributed by atoms with van der Waals surface area (Å²) in [4.78, 5) is 11.1. The molecule has 0 radical (unpaired) electrons. The zero-order chi connectivity index (χ0) is 11.2. The molecule has 1 aliphatic rings. The van der Waals surface area contributed by atoms with E-state index >= 15 is 0 Å². The molecule has 0 heterocycles. The predicted octanol–water partition coefficient (Wildman–Crippen LogP) is 2.47. The summed E-state index contributed by atoms with van der Waals surface area (Å²) in [5.41, 5.74) is 0.495. The molecule has 0 saturated heterocycles. The lowest BCUT2D eigenvalue weighted by atomic mass is 9.94. The quantitative estimate of drug-likeness (QED) is 0.815. The van der Waals surface area contributed by atoms with E-state index in [-0.39, 0.29) is 10.8 Å². The molecule has 0 aromatic heterocycles. The normalized spacial score (nSPS) is 17.5. The number of phenols is 1. The molecular weight excluding hydrogens is 216 g/mol. The maximum atomic E-state index is 11.1. The lowest BCUT2D eigenvalue weighted by Gasteiger charge is -2.14. The van der Waals surface area contributed by atoms with E-state index in [1.165, 1.54) is 6.07 Å². The van der Waals surface area contributed by atoms with E-state index in [1.807, 2.05) is 0 Å². The molecule has 1 aromatic carbocycles. The molecule has 1 fully saturated rings. The number of hydrogen-bond donors (Lipinski definition) is 2. The van der Waals surface area contributed by atoms with Crippen LogP contribution in [0.4, 0.5) is 0 Å². The van der Waals surface area contributed by atoms with Gasteiger partial charge < -0.3 is 10.2 Å². The first-order chi connectivity index (χ1) is 6.97. The minimum absolute atomic E-state index is 0.0424. The first-order valence-electron chi connectivity index (χ1n) is 4.70. The Labute approximate surface area is 92.3 Å². The number of halogens is 1. The molecule has 0 bridgehead atoms. The van der Waals surface area contributed by atoms with Crippen LogP contribution in [0.3, 0.4) is 0 Å². The van der Waals surface area contributed by atoms with Crippen molar-refractivity contribution in [3.8, 4) is 5.75 Å². The van der Waals surface area contributed by atoms with Gasteiger partial charge in [-0.3, -0.25) is 4.79 Å². The van der Waals surface area contributed by atoms with Crippen LogP contribution >= 0.6 is 11.6 Å². The average Bonchev–Trinajstić information content (AvgIpc) is 2.91. The summed E-state index contributed by atoms with van der Waals surface area (Å²) in [6, 6.07) is 3.27. The zero-order valence-corrected chi connectivity index (χ0v) is 9.01.